The summed E-state index contributed by atoms with van der Waals surface area (Å²) in [5, 5.41) is 5.95. The summed E-state index contributed by atoms with van der Waals surface area (Å²) >= 11 is 0. The lowest BCUT2D eigenvalue weighted by atomic mass is 9.92. The summed E-state index contributed by atoms with van der Waals surface area (Å²) < 4.78 is 41.0. The van der Waals surface area contributed by atoms with E-state index in [9.17, 15) is 18.0 Å². The third-order valence-electron chi connectivity index (χ3n) is 3.65. The van der Waals surface area contributed by atoms with Crippen molar-refractivity contribution in [3.05, 3.63) is 29.8 Å². The average Bonchev–Trinajstić information content (AvgIpc) is 2.44. The lowest BCUT2D eigenvalue weighted by Gasteiger charge is -2.27. The first kappa shape index (κ1) is 19.6. The molecule has 0 aromatic heterocycles. The summed E-state index contributed by atoms with van der Waals surface area (Å²) in [6.45, 7) is 2.79. The van der Waals surface area contributed by atoms with E-state index in [1.807, 2.05) is 6.92 Å². The predicted molar refractivity (Wildman–Crippen MR) is 82.4 cm³/mol. The number of alkyl halides is 3. The molecule has 1 heterocycles. The molecule has 2 rings (SSSR count). The van der Waals surface area contributed by atoms with Gasteiger partial charge < -0.3 is 15.4 Å². The highest BCUT2D eigenvalue weighted by Crippen LogP contribution is 2.26. The highest BCUT2D eigenvalue weighted by molar-refractivity contribution is 5.85. The molecule has 23 heavy (non-hydrogen) atoms. The second-order valence-electron chi connectivity index (χ2n) is 5.45. The Kier molecular flexibility index (Phi) is 7.15. The highest BCUT2D eigenvalue weighted by atomic mass is 35.5. The van der Waals surface area contributed by atoms with Gasteiger partial charge in [-0.1, -0.05) is 18.2 Å². The van der Waals surface area contributed by atoms with E-state index >= 15 is 0 Å². The fourth-order valence-electron chi connectivity index (χ4n) is 2.57. The highest BCUT2D eigenvalue weighted by Gasteiger charge is 2.32. The molecule has 0 unspecified atom stereocenters. The van der Waals surface area contributed by atoms with Crippen LogP contribution in [0.4, 0.5) is 13.2 Å². The van der Waals surface area contributed by atoms with Crippen molar-refractivity contribution in [1.82, 2.24) is 10.6 Å². The number of carbonyl (C=O) groups excluding carboxylic acids is 1. The lowest BCUT2D eigenvalue weighted by molar-refractivity contribution is -0.274. The molecule has 4 nitrogen and oxygen atoms in total. The largest absolute Gasteiger partial charge is 0.573 e. The minimum Gasteiger partial charge on any atom is -0.405 e. The summed E-state index contributed by atoms with van der Waals surface area (Å²) in [6, 6.07) is 6.08. The molecule has 2 N–H and O–H groups in total. The van der Waals surface area contributed by atoms with Crippen molar-refractivity contribution in [1.29, 1.82) is 0 Å². The van der Waals surface area contributed by atoms with Crippen LogP contribution in [-0.2, 0) is 11.3 Å². The van der Waals surface area contributed by atoms with E-state index in [0.717, 1.165) is 19.4 Å². The molecule has 1 aromatic carbocycles. The molecule has 1 fully saturated rings. The van der Waals surface area contributed by atoms with Crippen LogP contribution in [0.1, 0.15) is 25.3 Å². The van der Waals surface area contributed by atoms with Crippen LogP contribution in [0.3, 0.4) is 0 Å². The normalized spacial score (nSPS) is 21.2. The number of hydrogen-bond donors (Lipinski definition) is 2. The summed E-state index contributed by atoms with van der Waals surface area (Å²) in [7, 11) is 0. The van der Waals surface area contributed by atoms with E-state index in [1.54, 1.807) is 6.07 Å². The van der Waals surface area contributed by atoms with Gasteiger partial charge in [0.05, 0.1) is 0 Å². The molecular weight excluding hydrogens is 333 g/mol. The summed E-state index contributed by atoms with van der Waals surface area (Å²) in [4.78, 5) is 12.1. The number of piperidine rings is 1. The van der Waals surface area contributed by atoms with Gasteiger partial charge in [-0.2, -0.15) is 0 Å². The molecule has 2 atom stereocenters. The van der Waals surface area contributed by atoms with Crippen LogP contribution in [0, 0.1) is 5.92 Å². The van der Waals surface area contributed by atoms with Crippen molar-refractivity contribution in [2.24, 2.45) is 5.92 Å². The summed E-state index contributed by atoms with van der Waals surface area (Å²) in [5.74, 6) is -0.518. The number of carbonyl (C=O) groups is 1. The molecular formula is C15H20ClF3N2O2. The Bertz CT molecular complexity index is 526. The lowest BCUT2D eigenvalue weighted by Crippen LogP contribution is -2.42. The molecule has 130 valence electrons. The van der Waals surface area contributed by atoms with Crippen molar-refractivity contribution >= 4 is 18.3 Å². The predicted octanol–water partition coefficient (Wildman–Crippen LogP) is 3.01. The molecule has 1 aliphatic rings. The zero-order valence-electron chi connectivity index (χ0n) is 12.7. The van der Waals surface area contributed by atoms with Gasteiger partial charge in [0.25, 0.3) is 0 Å². The Balaban J connectivity index is 0.00000264. The number of amides is 1. The first-order chi connectivity index (χ1) is 10.3. The summed E-state index contributed by atoms with van der Waals surface area (Å²) in [5.41, 5.74) is 0.301. The van der Waals surface area contributed by atoms with E-state index < -0.39 is 6.36 Å². The maximum Gasteiger partial charge on any atom is 0.573 e. The smallest absolute Gasteiger partial charge is 0.405 e. The van der Waals surface area contributed by atoms with Gasteiger partial charge in [-0.3, -0.25) is 4.79 Å². The standard InChI is InChI=1S/C15H19F3N2O2.ClH/c1-10-8-11(6-7-19-10)14(21)20-9-12-4-2-3-5-13(12)22-15(16,17)18;/h2-5,10-11,19H,6-9H2,1H3,(H,20,21);1H/t10-,11-;/m0./s1. The van der Waals surface area contributed by atoms with Crippen molar-refractivity contribution < 1.29 is 22.7 Å². The topological polar surface area (TPSA) is 50.4 Å². The summed E-state index contributed by atoms with van der Waals surface area (Å²) in [6.07, 6.45) is -3.28. The van der Waals surface area contributed by atoms with Gasteiger partial charge in [-0.15, -0.1) is 25.6 Å². The molecule has 0 aliphatic carbocycles. The quantitative estimate of drug-likeness (QED) is 0.875. The van der Waals surface area contributed by atoms with Crippen LogP contribution < -0.4 is 15.4 Å². The van der Waals surface area contributed by atoms with Gasteiger partial charge >= 0.3 is 6.36 Å². The second-order valence-corrected chi connectivity index (χ2v) is 5.45. The van der Waals surface area contributed by atoms with Crippen molar-refractivity contribution in [3.63, 3.8) is 0 Å². The number of para-hydroxylation sites is 1. The molecule has 0 spiro atoms. The van der Waals surface area contributed by atoms with Crippen molar-refractivity contribution in [2.75, 3.05) is 6.54 Å². The molecule has 0 bridgehead atoms. The monoisotopic (exact) mass is 352 g/mol. The zero-order chi connectivity index (χ0) is 16.2. The van der Waals surface area contributed by atoms with Crippen molar-refractivity contribution in [3.8, 4) is 5.75 Å². The third kappa shape index (κ3) is 6.27. The average molecular weight is 353 g/mol. The van der Waals surface area contributed by atoms with Gasteiger partial charge in [0.15, 0.2) is 0 Å². The molecule has 0 saturated carbocycles. The molecule has 8 heteroatoms. The number of nitrogens with one attached hydrogen (secondary N) is 2. The maximum absolute atomic E-state index is 12.3. The Labute approximate surface area is 139 Å². The Morgan fingerprint density at radius 3 is 2.74 bits per heavy atom. The van der Waals surface area contributed by atoms with Crippen LogP contribution >= 0.6 is 12.4 Å². The Hall–Kier alpha value is -1.47. The molecule has 1 aliphatic heterocycles. The SMILES string of the molecule is C[C@H]1C[C@@H](C(=O)NCc2ccccc2OC(F)(F)F)CCN1.Cl. The van der Waals surface area contributed by atoms with E-state index in [1.165, 1.54) is 18.2 Å². The van der Waals surface area contributed by atoms with Gasteiger partial charge in [-0.05, 0) is 32.4 Å². The molecule has 1 aromatic rings. The zero-order valence-corrected chi connectivity index (χ0v) is 13.5. The molecule has 1 amide bonds. The van der Waals surface area contributed by atoms with Gasteiger partial charge in [0.2, 0.25) is 5.91 Å². The van der Waals surface area contributed by atoms with Gasteiger partial charge in [-0.25, -0.2) is 0 Å². The number of benzene rings is 1. The van der Waals surface area contributed by atoms with E-state index in [-0.39, 0.29) is 42.6 Å². The number of halogens is 4. The van der Waals surface area contributed by atoms with Crippen LogP contribution in [-0.4, -0.2) is 24.9 Å². The fraction of sp³-hybridized carbons (Fsp3) is 0.533. The van der Waals surface area contributed by atoms with E-state index in [2.05, 4.69) is 15.4 Å². The first-order valence-electron chi connectivity index (χ1n) is 7.20. The Morgan fingerprint density at radius 1 is 1.39 bits per heavy atom. The Morgan fingerprint density at radius 2 is 2.09 bits per heavy atom. The first-order valence-corrected chi connectivity index (χ1v) is 7.20. The van der Waals surface area contributed by atoms with Crippen LogP contribution in [0.5, 0.6) is 5.75 Å². The number of rotatable bonds is 4. The molecule has 0 radical (unpaired) electrons. The fourth-order valence-corrected chi connectivity index (χ4v) is 2.57. The maximum atomic E-state index is 12.3. The van der Waals surface area contributed by atoms with Crippen LogP contribution in [0.15, 0.2) is 24.3 Å². The van der Waals surface area contributed by atoms with Gasteiger partial charge in [0, 0.05) is 24.1 Å². The van der Waals surface area contributed by atoms with Crippen LogP contribution in [0.25, 0.3) is 0 Å². The van der Waals surface area contributed by atoms with Crippen LogP contribution in [0.2, 0.25) is 0 Å². The number of hydrogen-bond acceptors (Lipinski definition) is 3. The second kappa shape index (κ2) is 8.40. The number of ether oxygens (including phenoxy) is 1. The third-order valence-corrected chi connectivity index (χ3v) is 3.65. The molecule has 1 saturated heterocycles. The minimum absolute atomic E-state index is 0. The van der Waals surface area contributed by atoms with E-state index in [0.29, 0.717) is 5.56 Å². The minimum atomic E-state index is -4.75. The van der Waals surface area contributed by atoms with Crippen molar-refractivity contribution in [2.45, 2.75) is 38.7 Å². The van der Waals surface area contributed by atoms with E-state index in [4.69, 9.17) is 0 Å². The van der Waals surface area contributed by atoms with Gasteiger partial charge in [0.1, 0.15) is 5.75 Å².